The lowest BCUT2D eigenvalue weighted by atomic mass is 10.1. The summed E-state index contributed by atoms with van der Waals surface area (Å²) in [5.74, 6) is -0.794. The molecule has 1 rings (SSSR count). The molecule has 0 aliphatic rings. The van der Waals surface area contributed by atoms with Gasteiger partial charge in [-0.3, -0.25) is 0 Å². The molecular weight excluding hydrogens is 225 g/mol. The van der Waals surface area contributed by atoms with Gasteiger partial charge in [-0.1, -0.05) is 6.07 Å². The molecule has 0 atom stereocenters. The third kappa shape index (κ3) is 3.45. The highest BCUT2D eigenvalue weighted by atomic mass is 19.4. The van der Waals surface area contributed by atoms with Gasteiger partial charge in [-0.25, -0.2) is 0 Å². The molecule has 0 heterocycles. The summed E-state index contributed by atoms with van der Waals surface area (Å²) in [5.41, 5.74) is -0.0214. The van der Waals surface area contributed by atoms with E-state index in [4.69, 9.17) is 0 Å². The standard InChI is InChI=1S/C10H9F3O3/c11-10(12,13)16-9-5-1-4-8(15)7(9)3-2-6-14/h1,4-6,15H,2-3H2. The van der Waals surface area contributed by atoms with Gasteiger partial charge in [0.15, 0.2) is 0 Å². The minimum atomic E-state index is -4.82. The van der Waals surface area contributed by atoms with Crippen LogP contribution >= 0.6 is 0 Å². The van der Waals surface area contributed by atoms with Gasteiger partial charge in [0, 0.05) is 12.0 Å². The number of aromatic hydroxyl groups is 1. The molecular formula is C10H9F3O3. The average Bonchev–Trinajstić information content (AvgIpc) is 2.14. The van der Waals surface area contributed by atoms with Crippen LogP contribution in [0, 0.1) is 0 Å². The molecule has 1 aromatic carbocycles. The Hall–Kier alpha value is -1.72. The van der Waals surface area contributed by atoms with Crippen LogP contribution in [0.15, 0.2) is 18.2 Å². The summed E-state index contributed by atoms with van der Waals surface area (Å²) in [6.45, 7) is 0. The van der Waals surface area contributed by atoms with Gasteiger partial charge in [-0.15, -0.1) is 13.2 Å². The van der Waals surface area contributed by atoms with Gasteiger partial charge in [0.05, 0.1) is 0 Å². The fourth-order valence-corrected chi connectivity index (χ4v) is 1.23. The number of hydrogen-bond donors (Lipinski definition) is 1. The summed E-state index contributed by atoms with van der Waals surface area (Å²) >= 11 is 0. The number of rotatable bonds is 4. The van der Waals surface area contributed by atoms with Crippen molar-refractivity contribution in [2.75, 3.05) is 0 Å². The Morgan fingerprint density at radius 1 is 1.38 bits per heavy atom. The molecule has 0 aromatic heterocycles. The lowest BCUT2D eigenvalue weighted by molar-refractivity contribution is -0.274. The molecule has 0 unspecified atom stereocenters. The van der Waals surface area contributed by atoms with Crippen LogP contribution in [0.4, 0.5) is 13.2 Å². The van der Waals surface area contributed by atoms with Gasteiger partial charge < -0.3 is 14.6 Å². The Labute approximate surface area is 89.5 Å². The lowest BCUT2D eigenvalue weighted by Crippen LogP contribution is -2.18. The molecule has 88 valence electrons. The van der Waals surface area contributed by atoms with Crippen molar-refractivity contribution in [1.82, 2.24) is 0 Å². The molecule has 6 heteroatoms. The summed E-state index contributed by atoms with van der Waals surface area (Å²) in [6, 6.07) is 3.57. The number of phenols is 1. The van der Waals surface area contributed by atoms with Crippen molar-refractivity contribution >= 4 is 6.29 Å². The Balaban J connectivity index is 2.97. The maximum Gasteiger partial charge on any atom is 0.573 e. The van der Waals surface area contributed by atoms with E-state index in [1.807, 2.05) is 0 Å². The molecule has 3 nitrogen and oxygen atoms in total. The monoisotopic (exact) mass is 234 g/mol. The van der Waals surface area contributed by atoms with Crippen LogP contribution in [0.1, 0.15) is 12.0 Å². The average molecular weight is 234 g/mol. The van der Waals surface area contributed by atoms with Crippen molar-refractivity contribution in [2.24, 2.45) is 0 Å². The smallest absolute Gasteiger partial charge is 0.508 e. The third-order valence-corrected chi connectivity index (χ3v) is 1.85. The van der Waals surface area contributed by atoms with Gasteiger partial charge in [0.2, 0.25) is 0 Å². The fraction of sp³-hybridized carbons (Fsp3) is 0.300. The molecule has 1 aromatic rings. The minimum absolute atomic E-state index is 0.00157. The van der Waals surface area contributed by atoms with Gasteiger partial charge >= 0.3 is 6.36 Å². The van der Waals surface area contributed by atoms with Gasteiger partial charge in [0.1, 0.15) is 17.8 Å². The number of phenolic OH excluding ortho intramolecular Hbond substituents is 1. The maximum absolute atomic E-state index is 12.0. The number of carbonyl (C=O) groups excluding carboxylic acids is 1. The van der Waals surface area contributed by atoms with Gasteiger partial charge in [-0.2, -0.15) is 0 Å². The molecule has 16 heavy (non-hydrogen) atoms. The summed E-state index contributed by atoms with van der Waals surface area (Å²) in [6.07, 6.45) is -4.24. The van der Waals surface area contributed by atoms with E-state index >= 15 is 0 Å². The number of halogens is 3. The van der Waals surface area contributed by atoms with E-state index in [0.717, 1.165) is 6.07 Å². The molecule has 0 spiro atoms. The second-order valence-electron chi connectivity index (χ2n) is 3.01. The highest BCUT2D eigenvalue weighted by molar-refractivity contribution is 5.52. The number of benzene rings is 1. The van der Waals surface area contributed by atoms with E-state index in [9.17, 15) is 23.1 Å². The van der Waals surface area contributed by atoms with E-state index < -0.39 is 12.1 Å². The number of ether oxygens (including phenoxy) is 1. The summed E-state index contributed by atoms with van der Waals surface area (Å²) in [4.78, 5) is 10.1. The van der Waals surface area contributed by atoms with Crippen molar-refractivity contribution in [3.63, 3.8) is 0 Å². The van der Waals surface area contributed by atoms with Gasteiger partial charge in [-0.05, 0) is 18.6 Å². The molecule has 1 N–H and O–H groups in total. The van der Waals surface area contributed by atoms with Crippen molar-refractivity contribution < 1.29 is 27.8 Å². The van der Waals surface area contributed by atoms with Crippen molar-refractivity contribution in [3.05, 3.63) is 23.8 Å². The van der Waals surface area contributed by atoms with E-state index in [0.29, 0.717) is 6.29 Å². The molecule has 0 fully saturated rings. The van der Waals surface area contributed by atoms with Crippen LogP contribution in [0.3, 0.4) is 0 Å². The molecule has 0 aliphatic carbocycles. The summed E-state index contributed by atoms with van der Waals surface area (Å²) in [7, 11) is 0. The van der Waals surface area contributed by atoms with Crippen LogP contribution in [-0.4, -0.2) is 17.8 Å². The van der Waals surface area contributed by atoms with E-state index in [-0.39, 0.29) is 24.2 Å². The van der Waals surface area contributed by atoms with Gasteiger partial charge in [0.25, 0.3) is 0 Å². The first kappa shape index (κ1) is 12.4. The zero-order valence-electron chi connectivity index (χ0n) is 8.12. The number of hydrogen-bond acceptors (Lipinski definition) is 3. The van der Waals surface area contributed by atoms with Crippen LogP contribution < -0.4 is 4.74 Å². The predicted octanol–water partition coefficient (Wildman–Crippen LogP) is 2.42. The number of alkyl halides is 3. The zero-order chi connectivity index (χ0) is 12.2. The Kier molecular flexibility index (Phi) is 3.76. The summed E-state index contributed by atoms with van der Waals surface area (Å²) < 4.78 is 39.7. The topological polar surface area (TPSA) is 46.5 Å². The second-order valence-corrected chi connectivity index (χ2v) is 3.01. The van der Waals surface area contributed by atoms with E-state index in [1.54, 1.807) is 0 Å². The first-order valence-electron chi connectivity index (χ1n) is 4.44. The quantitative estimate of drug-likeness (QED) is 0.814. The van der Waals surface area contributed by atoms with Crippen LogP contribution in [0.5, 0.6) is 11.5 Å². The lowest BCUT2D eigenvalue weighted by Gasteiger charge is -2.13. The first-order valence-corrected chi connectivity index (χ1v) is 4.44. The molecule has 0 saturated carbocycles. The van der Waals surface area contributed by atoms with Crippen LogP contribution in [0.2, 0.25) is 0 Å². The maximum atomic E-state index is 12.0. The minimum Gasteiger partial charge on any atom is -0.508 e. The van der Waals surface area contributed by atoms with Crippen molar-refractivity contribution in [2.45, 2.75) is 19.2 Å². The molecule has 0 radical (unpaired) electrons. The second kappa shape index (κ2) is 4.87. The Morgan fingerprint density at radius 3 is 2.62 bits per heavy atom. The molecule has 0 aliphatic heterocycles. The SMILES string of the molecule is O=CCCc1c(O)cccc1OC(F)(F)F. The molecule has 0 bridgehead atoms. The molecule has 0 amide bonds. The van der Waals surface area contributed by atoms with Crippen molar-refractivity contribution in [1.29, 1.82) is 0 Å². The fourth-order valence-electron chi connectivity index (χ4n) is 1.23. The van der Waals surface area contributed by atoms with Crippen LogP contribution in [-0.2, 0) is 11.2 Å². The van der Waals surface area contributed by atoms with Crippen LogP contribution in [0.25, 0.3) is 0 Å². The normalized spacial score (nSPS) is 11.2. The Bertz CT molecular complexity index is 374. The Morgan fingerprint density at radius 2 is 2.06 bits per heavy atom. The van der Waals surface area contributed by atoms with E-state index in [2.05, 4.69) is 4.74 Å². The van der Waals surface area contributed by atoms with Crippen molar-refractivity contribution in [3.8, 4) is 11.5 Å². The number of aldehydes is 1. The largest absolute Gasteiger partial charge is 0.573 e. The molecule has 0 saturated heterocycles. The third-order valence-electron chi connectivity index (χ3n) is 1.85. The summed E-state index contributed by atoms with van der Waals surface area (Å²) in [5, 5.41) is 9.35. The highest BCUT2D eigenvalue weighted by Gasteiger charge is 2.32. The first-order chi connectivity index (χ1) is 7.44. The highest BCUT2D eigenvalue weighted by Crippen LogP contribution is 2.32. The van der Waals surface area contributed by atoms with E-state index in [1.165, 1.54) is 12.1 Å². The zero-order valence-corrected chi connectivity index (χ0v) is 8.12. The predicted molar refractivity (Wildman–Crippen MR) is 49.2 cm³/mol. The number of carbonyl (C=O) groups is 1.